The molecule has 2 aromatic heterocycles. The number of aromatic nitrogens is 2. The number of anilines is 1. The van der Waals surface area contributed by atoms with E-state index in [0.717, 1.165) is 37.2 Å². The zero-order valence-corrected chi connectivity index (χ0v) is 11.8. The number of carbonyl (C=O) groups excluding carboxylic acids is 1. The molecule has 5 nitrogen and oxygen atoms in total. The first-order valence-electron chi connectivity index (χ1n) is 7.17. The summed E-state index contributed by atoms with van der Waals surface area (Å²) in [5, 5.41) is 0. The summed E-state index contributed by atoms with van der Waals surface area (Å²) < 4.78 is 0. The summed E-state index contributed by atoms with van der Waals surface area (Å²) in [6, 6.07) is 7.47. The maximum Gasteiger partial charge on any atom is 0.228 e. The molecule has 0 spiro atoms. The molecule has 0 saturated carbocycles. The van der Waals surface area contributed by atoms with E-state index < -0.39 is 0 Å². The molecule has 21 heavy (non-hydrogen) atoms. The van der Waals surface area contributed by atoms with E-state index in [9.17, 15) is 4.79 Å². The average Bonchev–Trinajstić information content (AvgIpc) is 3.05. The average molecular weight is 282 g/mol. The van der Waals surface area contributed by atoms with Gasteiger partial charge in [-0.05, 0) is 37.1 Å². The third-order valence-corrected chi connectivity index (χ3v) is 3.76. The van der Waals surface area contributed by atoms with Gasteiger partial charge in [0.25, 0.3) is 0 Å². The van der Waals surface area contributed by atoms with Gasteiger partial charge >= 0.3 is 0 Å². The van der Waals surface area contributed by atoms with Gasteiger partial charge in [0.2, 0.25) is 5.91 Å². The lowest BCUT2D eigenvalue weighted by Crippen LogP contribution is -2.29. The van der Waals surface area contributed by atoms with Crippen molar-refractivity contribution in [2.24, 2.45) is 0 Å². The number of nitrogen functional groups attached to an aromatic ring is 1. The van der Waals surface area contributed by atoms with E-state index in [-0.39, 0.29) is 12.3 Å². The summed E-state index contributed by atoms with van der Waals surface area (Å²) >= 11 is 0. The summed E-state index contributed by atoms with van der Waals surface area (Å²) in [6.45, 7) is 1.70. The molecule has 1 fully saturated rings. The Morgan fingerprint density at radius 3 is 2.57 bits per heavy atom. The largest absolute Gasteiger partial charge is 0.397 e. The maximum absolute atomic E-state index is 12.2. The molecule has 0 atom stereocenters. The molecule has 1 amide bonds. The highest BCUT2D eigenvalue weighted by Crippen LogP contribution is 2.20. The van der Waals surface area contributed by atoms with E-state index in [1.165, 1.54) is 0 Å². The van der Waals surface area contributed by atoms with Crippen molar-refractivity contribution in [2.75, 3.05) is 18.8 Å². The minimum atomic E-state index is 0.110. The Labute approximate surface area is 123 Å². The maximum atomic E-state index is 12.2. The molecule has 1 saturated heterocycles. The number of hydrogen-bond acceptors (Lipinski definition) is 4. The molecule has 3 rings (SSSR count). The normalized spacial score (nSPS) is 14.4. The highest BCUT2D eigenvalue weighted by molar-refractivity contribution is 5.80. The van der Waals surface area contributed by atoms with Crippen LogP contribution < -0.4 is 5.73 Å². The number of nitrogens with two attached hydrogens (primary N) is 1. The van der Waals surface area contributed by atoms with Gasteiger partial charge in [-0.15, -0.1) is 0 Å². The topological polar surface area (TPSA) is 72.1 Å². The highest BCUT2D eigenvalue weighted by Gasteiger charge is 2.19. The van der Waals surface area contributed by atoms with Gasteiger partial charge in [-0.1, -0.05) is 0 Å². The molecule has 108 valence electrons. The smallest absolute Gasteiger partial charge is 0.228 e. The van der Waals surface area contributed by atoms with Crippen molar-refractivity contribution in [3.8, 4) is 11.3 Å². The summed E-state index contributed by atoms with van der Waals surface area (Å²) in [7, 11) is 0. The molecule has 1 aliphatic rings. The Balaban J connectivity index is 1.83. The van der Waals surface area contributed by atoms with Crippen molar-refractivity contribution >= 4 is 11.6 Å². The van der Waals surface area contributed by atoms with Crippen molar-refractivity contribution in [3.05, 3.63) is 42.4 Å². The van der Waals surface area contributed by atoms with Crippen LogP contribution in [0.25, 0.3) is 11.3 Å². The van der Waals surface area contributed by atoms with E-state index in [1.807, 2.05) is 29.2 Å². The van der Waals surface area contributed by atoms with Crippen molar-refractivity contribution in [1.29, 1.82) is 0 Å². The van der Waals surface area contributed by atoms with Gasteiger partial charge in [0.15, 0.2) is 0 Å². The van der Waals surface area contributed by atoms with Gasteiger partial charge in [0.05, 0.1) is 23.5 Å². The Kier molecular flexibility index (Phi) is 3.81. The standard InChI is InChI=1S/C16H18N4O/c17-13-3-4-14(12-5-7-18-8-6-12)19-15(13)11-16(21)20-9-1-2-10-20/h3-8H,1-2,9-11,17H2. The molecule has 2 N–H and O–H groups in total. The summed E-state index contributed by atoms with van der Waals surface area (Å²) in [6.07, 6.45) is 5.90. The van der Waals surface area contributed by atoms with Crippen LogP contribution in [0.4, 0.5) is 5.69 Å². The minimum absolute atomic E-state index is 0.110. The lowest BCUT2D eigenvalue weighted by atomic mass is 10.1. The van der Waals surface area contributed by atoms with Gasteiger partial charge in [-0.3, -0.25) is 14.8 Å². The van der Waals surface area contributed by atoms with E-state index in [4.69, 9.17) is 5.73 Å². The second-order valence-corrected chi connectivity index (χ2v) is 5.23. The van der Waals surface area contributed by atoms with Crippen LogP contribution in [0.3, 0.4) is 0 Å². The number of carbonyl (C=O) groups is 1. The van der Waals surface area contributed by atoms with E-state index in [0.29, 0.717) is 11.4 Å². The van der Waals surface area contributed by atoms with Crippen LogP contribution in [-0.2, 0) is 11.2 Å². The third kappa shape index (κ3) is 3.02. The lowest BCUT2D eigenvalue weighted by Gasteiger charge is -2.15. The summed E-state index contributed by atoms with van der Waals surface area (Å²) in [5.41, 5.74) is 8.98. The van der Waals surface area contributed by atoms with E-state index >= 15 is 0 Å². The van der Waals surface area contributed by atoms with Crippen LogP contribution in [0.2, 0.25) is 0 Å². The van der Waals surface area contributed by atoms with Gasteiger partial charge < -0.3 is 10.6 Å². The monoisotopic (exact) mass is 282 g/mol. The molecule has 2 aromatic rings. The second-order valence-electron chi connectivity index (χ2n) is 5.23. The number of rotatable bonds is 3. The van der Waals surface area contributed by atoms with Crippen molar-refractivity contribution in [2.45, 2.75) is 19.3 Å². The first kappa shape index (κ1) is 13.5. The zero-order valence-electron chi connectivity index (χ0n) is 11.8. The van der Waals surface area contributed by atoms with Crippen LogP contribution in [0.1, 0.15) is 18.5 Å². The van der Waals surface area contributed by atoms with Gasteiger partial charge in [-0.2, -0.15) is 0 Å². The zero-order chi connectivity index (χ0) is 14.7. The molecule has 1 aliphatic heterocycles. The summed E-state index contributed by atoms with van der Waals surface area (Å²) in [5.74, 6) is 0.110. The van der Waals surface area contributed by atoms with Crippen LogP contribution in [0.15, 0.2) is 36.7 Å². The van der Waals surface area contributed by atoms with Crippen LogP contribution >= 0.6 is 0 Å². The quantitative estimate of drug-likeness (QED) is 0.933. The van der Waals surface area contributed by atoms with Crippen molar-refractivity contribution in [1.82, 2.24) is 14.9 Å². The number of nitrogens with zero attached hydrogens (tertiary/aromatic N) is 3. The fraction of sp³-hybridized carbons (Fsp3) is 0.312. The summed E-state index contributed by atoms with van der Waals surface area (Å²) in [4.78, 5) is 22.7. The SMILES string of the molecule is Nc1ccc(-c2ccncc2)nc1CC(=O)N1CCCC1. The number of hydrogen-bond donors (Lipinski definition) is 1. The third-order valence-electron chi connectivity index (χ3n) is 3.76. The Morgan fingerprint density at radius 2 is 1.86 bits per heavy atom. The number of amides is 1. The van der Waals surface area contributed by atoms with E-state index in [1.54, 1.807) is 12.4 Å². The molecule has 0 radical (unpaired) electrons. The molecule has 0 aliphatic carbocycles. The van der Waals surface area contributed by atoms with Crippen LogP contribution in [-0.4, -0.2) is 33.9 Å². The molecular formula is C16H18N4O. The van der Waals surface area contributed by atoms with Gasteiger partial charge in [0.1, 0.15) is 0 Å². The Hall–Kier alpha value is -2.43. The number of likely N-dealkylation sites (tertiary alicyclic amines) is 1. The van der Waals surface area contributed by atoms with Crippen LogP contribution in [0, 0.1) is 0 Å². The predicted octanol–water partition coefficient (Wildman–Crippen LogP) is 1.89. The van der Waals surface area contributed by atoms with Gasteiger partial charge in [-0.25, -0.2) is 0 Å². The predicted molar refractivity (Wildman–Crippen MR) is 81.4 cm³/mol. The van der Waals surface area contributed by atoms with Crippen LogP contribution in [0.5, 0.6) is 0 Å². The fourth-order valence-electron chi connectivity index (χ4n) is 2.56. The second kappa shape index (κ2) is 5.91. The Bertz CT molecular complexity index is 636. The molecule has 3 heterocycles. The molecule has 5 heteroatoms. The van der Waals surface area contributed by atoms with Gasteiger partial charge in [0, 0.05) is 31.0 Å². The lowest BCUT2D eigenvalue weighted by molar-refractivity contribution is -0.129. The minimum Gasteiger partial charge on any atom is -0.397 e. The van der Waals surface area contributed by atoms with Crippen molar-refractivity contribution in [3.63, 3.8) is 0 Å². The first-order chi connectivity index (χ1) is 10.2. The Morgan fingerprint density at radius 1 is 1.14 bits per heavy atom. The highest BCUT2D eigenvalue weighted by atomic mass is 16.2. The molecule has 0 aromatic carbocycles. The molecule has 0 unspecified atom stereocenters. The fourth-order valence-corrected chi connectivity index (χ4v) is 2.56. The van der Waals surface area contributed by atoms with Crippen molar-refractivity contribution < 1.29 is 4.79 Å². The van der Waals surface area contributed by atoms with E-state index in [2.05, 4.69) is 9.97 Å². The molecule has 0 bridgehead atoms. The molecular weight excluding hydrogens is 264 g/mol. The first-order valence-corrected chi connectivity index (χ1v) is 7.17. The number of pyridine rings is 2.